The van der Waals surface area contributed by atoms with Gasteiger partial charge in [-0.25, -0.2) is 10.5 Å². The summed E-state index contributed by atoms with van der Waals surface area (Å²) in [5, 5.41) is 13.0. The van der Waals surface area contributed by atoms with Crippen molar-refractivity contribution in [3.8, 4) is 0 Å². The molecule has 0 aliphatic heterocycles. The van der Waals surface area contributed by atoms with E-state index in [0.717, 1.165) is 36.2 Å². The third kappa shape index (κ3) is 4.53. The van der Waals surface area contributed by atoms with Crippen LogP contribution in [0.2, 0.25) is 0 Å². The van der Waals surface area contributed by atoms with Crippen LogP contribution >= 0.6 is 0 Å². The molecular formula is C19H20N4O2. The first-order valence-corrected chi connectivity index (χ1v) is 8.08. The number of hydrogen-bond donors (Lipinski definition) is 3. The number of carbonyl (C=O) groups excluding carboxylic acids is 1. The van der Waals surface area contributed by atoms with Gasteiger partial charge < -0.3 is 9.88 Å². The van der Waals surface area contributed by atoms with E-state index >= 15 is 0 Å². The number of hydroxylamine groups is 1. The lowest BCUT2D eigenvalue weighted by Crippen LogP contribution is -2.19. The molecule has 6 nitrogen and oxygen atoms in total. The number of amides is 1. The lowest BCUT2D eigenvalue weighted by Gasteiger charge is -2.07. The van der Waals surface area contributed by atoms with Gasteiger partial charge in [0, 0.05) is 43.5 Å². The van der Waals surface area contributed by atoms with Crippen molar-refractivity contribution in [2.24, 2.45) is 0 Å². The molecule has 0 atom stereocenters. The van der Waals surface area contributed by atoms with Gasteiger partial charge in [0.1, 0.15) is 5.65 Å². The predicted molar refractivity (Wildman–Crippen MR) is 96.8 cm³/mol. The molecule has 1 aromatic carbocycles. The largest absolute Gasteiger partial charge is 0.331 e. The molecule has 0 bridgehead atoms. The molecule has 0 radical (unpaired) electrons. The van der Waals surface area contributed by atoms with Crippen LogP contribution in [0.15, 0.2) is 60.9 Å². The molecule has 1 amide bonds. The van der Waals surface area contributed by atoms with E-state index in [4.69, 9.17) is 5.21 Å². The highest BCUT2D eigenvalue weighted by molar-refractivity contribution is 5.90. The first-order chi connectivity index (χ1) is 12.3. The molecule has 0 saturated heterocycles. The molecule has 0 saturated carbocycles. The highest BCUT2D eigenvalue weighted by Crippen LogP contribution is 2.11. The lowest BCUT2D eigenvalue weighted by atomic mass is 10.1. The number of carbonyl (C=O) groups is 1. The van der Waals surface area contributed by atoms with Crippen molar-refractivity contribution in [3.05, 3.63) is 72.1 Å². The molecule has 3 rings (SSSR count). The number of benzene rings is 1. The quantitative estimate of drug-likeness (QED) is 0.268. The second-order valence-corrected chi connectivity index (χ2v) is 5.65. The smallest absolute Gasteiger partial charge is 0.267 e. The summed E-state index contributed by atoms with van der Waals surface area (Å²) in [6.07, 6.45) is 6.80. The Labute approximate surface area is 145 Å². The Morgan fingerprint density at radius 1 is 1.20 bits per heavy atom. The topological polar surface area (TPSA) is 79.2 Å². The van der Waals surface area contributed by atoms with Crippen LogP contribution in [-0.2, 0) is 17.9 Å². The highest BCUT2D eigenvalue weighted by Gasteiger charge is 2.00. The van der Waals surface area contributed by atoms with E-state index in [1.165, 1.54) is 11.6 Å². The molecular weight excluding hydrogens is 316 g/mol. The molecule has 0 fully saturated rings. The summed E-state index contributed by atoms with van der Waals surface area (Å²) in [5.74, 6) is -0.544. The second-order valence-electron chi connectivity index (χ2n) is 5.65. The molecule has 6 heteroatoms. The molecule has 25 heavy (non-hydrogen) atoms. The van der Waals surface area contributed by atoms with Crippen molar-refractivity contribution >= 4 is 23.0 Å². The minimum atomic E-state index is -0.544. The Balaban J connectivity index is 1.47. The number of pyridine rings is 1. The third-order valence-electron chi connectivity index (χ3n) is 3.90. The van der Waals surface area contributed by atoms with Crippen molar-refractivity contribution < 1.29 is 10.0 Å². The van der Waals surface area contributed by atoms with E-state index in [1.54, 1.807) is 11.6 Å². The summed E-state index contributed by atoms with van der Waals surface area (Å²) in [6.45, 7) is 2.48. The van der Waals surface area contributed by atoms with Crippen LogP contribution in [-0.4, -0.2) is 27.2 Å². The monoisotopic (exact) mass is 336 g/mol. The molecule has 2 aromatic heterocycles. The van der Waals surface area contributed by atoms with Gasteiger partial charge in [-0.05, 0) is 35.4 Å². The van der Waals surface area contributed by atoms with Crippen molar-refractivity contribution in [1.29, 1.82) is 0 Å². The van der Waals surface area contributed by atoms with E-state index in [0.29, 0.717) is 0 Å². The van der Waals surface area contributed by atoms with Crippen LogP contribution in [0, 0.1) is 0 Å². The van der Waals surface area contributed by atoms with Crippen molar-refractivity contribution in [3.63, 3.8) is 0 Å². The van der Waals surface area contributed by atoms with Gasteiger partial charge in [-0.1, -0.05) is 24.3 Å². The molecule has 3 N–H and O–H groups in total. The van der Waals surface area contributed by atoms with E-state index in [1.807, 2.05) is 36.5 Å². The average molecular weight is 336 g/mol. The van der Waals surface area contributed by atoms with Crippen LogP contribution in [0.4, 0.5) is 0 Å². The van der Waals surface area contributed by atoms with E-state index in [9.17, 15) is 4.79 Å². The second kappa shape index (κ2) is 8.23. The first kappa shape index (κ1) is 16.9. The standard InChI is InChI=1S/C19H20N4O2/c24-18(22-25)8-7-15-3-5-16(6-4-15)14-20-11-13-23-12-9-17-2-1-10-21-19(17)23/h1-10,12,20,25H,11,13-14H2,(H,22,24). The van der Waals surface area contributed by atoms with E-state index in [-0.39, 0.29) is 0 Å². The van der Waals surface area contributed by atoms with Crippen molar-refractivity contribution in [1.82, 2.24) is 20.3 Å². The maximum absolute atomic E-state index is 10.9. The van der Waals surface area contributed by atoms with Gasteiger partial charge in [0.25, 0.3) is 5.91 Å². The summed E-state index contributed by atoms with van der Waals surface area (Å²) < 4.78 is 2.14. The molecule has 0 spiro atoms. The Morgan fingerprint density at radius 3 is 2.84 bits per heavy atom. The number of nitrogens with zero attached hydrogens (tertiary/aromatic N) is 2. The zero-order valence-electron chi connectivity index (χ0n) is 13.7. The molecule has 0 aliphatic rings. The van der Waals surface area contributed by atoms with Gasteiger partial charge >= 0.3 is 0 Å². The molecule has 3 aromatic rings. The van der Waals surface area contributed by atoms with Gasteiger partial charge in [0.05, 0.1) is 0 Å². The first-order valence-electron chi connectivity index (χ1n) is 8.08. The van der Waals surface area contributed by atoms with Gasteiger partial charge in [-0.15, -0.1) is 0 Å². The maximum Gasteiger partial charge on any atom is 0.267 e. The zero-order chi connectivity index (χ0) is 17.5. The minimum absolute atomic E-state index is 0.544. The van der Waals surface area contributed by atoms with Gasteiger partial charge in [-0.2, -0.15) is 0 Å². The summed E-state index contributed by atoms with van der Waals surface area (Å²) in [4.78, 5) is 15.3. The van der Waals surface area contributed by atoms with Crippen LogP contribution in [0.3, 0.4) is 0 Å². The van der Waals surface area contributed by atoms with Crippen LogP contribution < -0.4 is 10.8 Å². The molecule has 0 aliphatic carbocycles. The summed E-state index contributed by atoms with van der Waals surface area (Å²) in [5.41, 5.74) is 4.63. The van der Waals surface area contributed by atoms with E-state index < -0.39 is 5.91 Å². The van der Waals surface area contributed by atoms with Crippen molar-refractivity contribution in [2.45, 2.75) is 13.1 Å². The fraction of sp³-hybridized carbons (Fsp3) is 0.158. The summed E-state index contributed by atoms with van der Waals surface area (Å²) in [7, 11) is 0. The van der Waals surface area contributed by atoms with Crippen LogP contribution in [0.1, 0.15) is 11.1 Å². The average Bonchev–Trinajstić information content (AvgIpc) is 3.07. The number of hydrogen-bond acceptors (Lipinski definition) is 4. The van der Waals surface area contributed by atoms with E-state index in [2.05, 4.69) is 33.2 Å². The molecule has 2 heterocycles. The predicted octanol–water partition coefficient (Wildman–Crippen LogP) is 2.34. The highest BCUT2D eigenvalue weighted by atomic mass is 16.5. The number of rotatable bonds is 7. The fourth-order valence-corrected chi connectivity index (χ4v) is 2.59. The van der Waals surface area contributed by atoms with Gasteiger partial charge in [0.15, 0.2) is 0 Å². The third-order valence-corrected chi connectivity index (χ3v) is 3.90. The van der Waals surface area contributed by atoms with Crippen molar-refractivity contribution in [2.75, 3.05) is 6.54 Å². The summed E-state index contributed by atoms with van der Waals surface area (Å²) in [6, 6.07) is 14.0. The zero-order valence-corrected chi connectivity index (χ0v) is 13.7. The number of aromatic nitrogens is 2. The molecule has 0 unspecified atom stereocenters. The lowest BCUT2D eigenvalue weighted by molar-refractivity contribution is -0.124. The number of nitrogens with one attached hydrogen (secondary N) is 2. The summed E-state index contributed by atoms with van der Waals surface area (Å²) >= 11 is 0. The minimum Gasteiger partial charge on any atom is -0.331 e. The van der Waals surface area contributed by atoms with Gasteiger partial charge in [-0.3, -0.25) is 10.0 Å². The van der Waals surface area contributed by atoms with Crippen LogP contribution in [0.5, 0.6) is 0 Å². The fourth-order valence-electron chi connectivity index (χ4n) is 2.59. The Kier molecular flexibility index (Phi) is 5.56. The van der Waals surface area contributed by atoms with Crippen LogP contribution in [0.25, 0.3) is 17.1 Å². The van der Waals surface area contributed by atoms with Gasteiger partial charge in [0.2, 0.25) is 0 Å². The Bertz CT molecular complexity index is 869. The Hall–Kier alpha value is -2.96. The molecule has 128 valence electrons. The maximum atomic E-state index is 10.9. The number of fused-ring (bicyclic) bond motifs is 1. The SMILES string of the molecule is O=C(C=Cc1ccc(CNCCn2ccc3cccnc32)cc1)NO. The Morgan fingerprint density at radius 2 is 2.04 bits per heavy atom. The normalized spacial score (nSPS) is 11.2.